The van der Waals surface area contributed by atoms with Crippen LogP contribution in [0.4, 0.5) is 0 Å². The third kappa shape index (κ3) is 4.44. The van der Waals surface area contributed by atoms with Crippen molar-refractivity contribution in [2.75, 3.05) is 13.2 Å². The van der Waals surface area contributed by atoms with Gasteiger partial charge in [-0.2, -0.15) is 0 Å². The summed E-state index contributed by atoms with van der Waals surface area (Å²) in [6.45, 7) is 0.326. The van der Waals surface area contributed by atoms with E-state index >= 15 is 0 Å². The monoisotopic (exact) mass is 360 g/mol. The van der Waals surface area contributed by atoms with E-state index in [9.17, 15) is 4.79 Å². The van der Waals surface area contributed by atoms with Crippen molar-refractivity contribution in [3.63, 3.8) is 0 Å². The van der Waals surface area contributed by atoms with Crippen LogP contribution in [0.25, 0.3) is 0 Å². The van der Waals surface area contributed by atoms with Gasteiger partial charge in [-0.05, 0) is 30.3 Å². The molecule has 0 aromatic heterocycles. The molecule has 1 N–H and O–H groups in total. The maximum absolute atomic E-state index is 11.1. The zero-order valence-electron chi connectivity index (χ0n) is 11.2. The number of carboxylic acids is 1. The number of carbonyl (C=O) groups is 1. The highest BCUT2D eigenvalue weighted by atomic mass is 35.5. The summed E-state index contributed by atoms with van der Waals surface area (Å²) < 4.78 is 10.9. The minimum atomic E-state index is -1.11. The van der Waals surface area contributed by atoms with E-state index in [2.05, 4.69) is 0 Å². The molecule has 0 aliphatic rings. The van der Waals surface area contributed by atoms with E-state index in [-0.39, 0.29) is 24.5 Å². The molecule has 0 heterocycles. The molecular formula is C15H11Cl3O4. The van der Waals surface area contributed by atoms with Crippen molar-refractivity contribution in [3.05, 3.63) is 57.0 Å². The highest BCUT2D eigenvalue weighted by Crippen LogP contribution is 2.28. The Kier molecular flexibility index (Phi) is 5.77. The number of carboxylic acid groups (broad SMARTS) is 1. The van der Waals surface area contributed by atoms with Crippen molar-refractivity contribution in [2.24, 2.45) is 0 Å². The molecule has 0 atom stereocenters. The lowest BCUT2D eigenvalue weighted by Gasteiger charge is -2.11. The molecule has 0 amide bonds. The molecule has 0 aliphatic heterocycles. The molecule has 0 aliphatic carbocycles. The Labute approximate surface area is 142 Å². The lowest BCUT2D eigenvalue weighted by atomic mass is 10.2. The van der Waals surface area contributed by atoms with Gasteiger partial charge in [0.15, 0.2) is 0 Å². The van der Waals surface area contributed by atoms with Crippen LogP contribution in [-0.4, -0.2) is 24.3 Å². The van der Waals surface area contributed by atoms with Crippen LogP contribution in [0.5, 0.6) is 11.5 Å². The molecule has 0 radical (unpaired) electrons. The predicted molar refractivity (Wildman–Crippen MR) is 85.9 cm³/mol. The first-order valence-corrected chi connectivity index (χ1v) is 7.34. The number of rotatable bonds is 6. The molecular weight excluding hydrogens is 351 g/mol. The van der Waals surface area contributed by atoms with Crippen molar-refractivity contribution in [2.45, 2.75) is 0 Å². The Morgan fingerprint density at radius 3 is 2.18 bits per heavy atom. The van der Waals surface area contributed by atoms with Crippen LogP contribution in [0.3, 0.4) is 0 Å². The minimum Gasteiger partial charge on any atom is -0.489 e. The average molecular weight is 362 g/mol. The lowest BCUT2D eigenvalue weighted by Crippen LogP contribution is -2.11. The van der Waals surface area contributed by atoms with Gasteiger partial charge in [0.05, 0.1) is 5.02 Å². The van der Waals surface area contributed by atoms with E-state index in [1.807, 2.05) is 0 Å². The number of ether oxygens (including phenoxy) is 2. The van der Waals surface area contributed by atoms with Crippen LogP contribution < -0.4 is 9.47 Å². The normalized spacial score (nSPS) is 10.3. The van der Waals surface area contributed by atoms with Crippen LogP contribution in [0.15, 0.2) is 36.4 Å². The number of halogens is 3. The molecule has 2 aromatic carbocycles. The summed E-state index contributed by atoms with van der Waals surface area (Å²) >= 11 is 17.6. The molecule has 0 saturated carbocycles. The largest absolute Gasteiger partial charge is 0.489 e. The number of benzene rings is 2. The molecule has 2 rings (SSSR count). The fourth-order valence-corrected chi connectivity index (χ4v) is 2.19. The van der Waals surface area contributed by atoms with E-state index in [1.54, 1.807) is 24.3 Å². The fourth-order valence-electron chi connectivity index (χ4n) is 1.69. The van der Waals surface area contributed by atoms with Gasteiger partial charge >= 0.3 is 5.97 Å². The van der Waals surface area contributed by atoms with Gasteiger partial charge < -0.3 is 14.6 Å². The Morgan fingerprint density at radius 1 is 0.909 bits per heavy atom. The van der Waals surface area contributed by atoms with Gasteiger partial charge in [0.2, 0.25) is 0 Å². The second-order valence-corrected chi connectivity index (χ2v) is 5.50. The highest BCUT2D eigenvalue weighted by molar-refractivity contribution is 6.34. The molecule has 7 heteroatoms. The summed E-state index contributed by atoms with van der Waals surface area (Å²) in [4.78, 5) is 11.1. The fraction of sp³-hybridized carbons (Fsp3) is 0.133. The lowest BCUT2D eigenvalue weighted by molar-refractivity contribution is 0.0691. The SMILES string of the molecule is O=C(O)c1cc(Cl)ccc1OCCOc1cc(Cl)ccc1Cl. The van der Waals surface area contributed by atoms with E-state index < -0.39 is 5.97 Å². The van der Waals surface area contributed by atoms with Crippen LogP contribution in [0.1, 0.15) is 10.4 Å². The number of aromatic carboxylic acids is 1. The Balaban J connectivity index is 1.94. The van der Waals surface area contributed by atoms with Gasteiger partial charge in [0.25, 0.3) is 0 Å². The topological polar surface area (TPSA) is 55.8 Å². The third-order valence-electron chi connectivity index (χ3n) is 2.66. The summed E-state index contributed by atoms with van der Waals surface area (Å²) in [7, 11) is 0. The van der Waals surface area contributed by atoms with Crippen LogP contribution in [0, 0.1) is 0 Å². The molecule has 22 heavy (non-hydrogen) atoms. The molecule has 2 aromatic rings. The zero-order chi connectivity index (χ0) is 16.1. The molecule has 0 saturated heterocycles. The second kappa shape index (κ2) is 7.58. The zero-order valence-corrected chi connectivity index (χ0v) is 13.5. The summed E-state index contributed by atoms with van der Waals surface area (Å²) in [5, 5.41) is 10.4. The van der Waals surface area contributed by atoms with E-state index in [4.69, 9.17) is 49.4 Å². The van der Waals surface area contributed by atoms with Crippen molar-refractivity contribution in [1.29, 1.82) is 0 Å². The first kappa shape index (κ1) is 16.7. The Bertz CT molecular complexity index is 688. The molecule has 116 valence electrons. The van der Waals surface area contributed by atoms with Crippen LogP contribution >= 0.6 is 34.8 Å². The minimum absolute atomic E-state index is 0.00621. The third-order valence-corrected chi connectivity index (χ3v) is 3.45. The average Bonchev–Trinajstić information content (AvgIpc) is 2.48. The maximum atomic E-state index is 11.1. The molecule has 4 nitrogen and oxygen atoms in total. The van der Waals surface area contributed by atoms with Crippen molar-refractivity contribution in [3.8, 4) is 11.5 Å². The van der Waals surface area contributed by atoms with E-state index in [0.29, 0.717) is 20.8 Å². The number of hydrogen-bond donors (Lipinski definition) is 1. The van der Waals surface area contributed by atoms with Crippen LogP contribution in [0.2, 0.25) is 15.1 Å². The van der Waals surface area contributed by atoms with Gasteiger partial charge in [-0.15, -0.1) is 0 Å². The second-order valence-electron chi connectivity index (χ2n) is 4.22. The summed E-state index contributed by atoms with van der Waals surface area (Å²) in [5.74, 6) is -0.457. The molecule has 0 spiro atoms. The first-order valence-electron chi connectivity index (χ1n) is 6.21. The molecule has 0 bridgehead atoms. The standard InChI is InChI=1S/C15H11Cl3O4/c16-9-2-4-13(11(7-9)15(19)20)21-5-6-22-14-8-10(17)1-3-12(14)18/h1-4,7-8H,5-6H2,(H,19,20). The smallest absolute Gasteiger partial charge is 0.339 e. The summed E-state index contributed by atoms with van der Waals surface area (Å²) in [5.41, 5.74) is -0.00621. The van der Waals surface area contributed by atoms with Crippen molar-refractivity contribution in [1.82, 2.24) is 0 Å². The van der Waals surface area contributed by atoms with E-state index in [0.717, 1.165) is 0 Å². The van der Waals surface area contributed by atoms with E-state index in [1.165, 1.54) is 12.1 Å². The van der Waals surface area contributed by atoms with Crippen molar-refractivity contribution >= 4 is 40.8 Å². The summed E-state index contributed by atoms with van der Waals surface area (Å²) in [6, 6.07) is 9.25. The van der Waals surface area contributed by atoms with Gasteiger partial charge in [-0.3, -0.25) is 0 Å². The number of hydrogen-bond acceptors (Lipinski definition) is 3. The van der Waals surface area contributed by atoms with Gasteiger partial charge in [-0.25, -0.2) is 4.79 Å². The van der Waals surface area contributed by atoms with Gasteiger partial charge in [-0.1, -0.05) is 34.8 Å². The maximum Gasteiger partial charge on any atom is 0.339 e. The Morgan fingerprint density at radius 2 is 1.50 bits per heavy atom. The Hall–Kier alpha value is -1.62. The summed E-state index contributed by atoms with van der Waals surface area (Å²) in [6.07, 6.45) is 0. The molecule has 0 fully saturated rings. The van der Waals surface area contributed by atoms with Crippen LogP contribution in [-0.2, 0) is 0 Å². The van der Waals surface area contributed by atoms with Gasteiger partial charge in [0, 0.05) is 16.1 Å². The highest BCUT2D eigenvalue weighted by Gasteiger charge is 2.12. The first-order chi connectivity index (χ1) is 10.5. The predicted octanol–water partition coefficient (Wildman–Crippen LogP) is 4.80. The van der Waals surface area contributed by atoms with Gasteiger partial charge in [0.1, 0.15) is 30.3 Å². The molecule has 0 unspecified atom stereocenters. The van der Waals surface area contributed by atoms with Crippen molar-refractivity contribution < 1.29 is 19.4 Å². The quantitative estimate of drug-likeness (QED) is 0.751.